The van der Waals surface area contributed by atoms with E-state index in [0.29, 0.717) is 12.2 Å². The van der Waals surface area contributed by atoms with E-state index in [0.717, 1.165) is 6.42 Å². The first kappa shape index (κ1) is 15.9. The average molecular weight is 289 g/mol. The highest BCUT2D eigenvalue weighted by Crippen LogP contribution is 2.11. The van der Waals surface area contributed by atoms with Crippen molar-refractivity contribution >= 4 is 10.0 Å². The zero-order valence-electron chi connectivity index (χ0n) is 11.2. The van der Waals surface area contributed by atoms with E-state index < -0.39 is 10.0 Å². The smallest absolute Gasteiger partial charge is 0.211 e. The Bertz CT molecular complexity index is 473. The van der Waals surface area contributed by atoms with Gasteiger partial charge < -0.3 is 4.74 Å². The van der Waals surface area contributed by atoms with Gasteiger partial charge >= 0.3 is 0 Å². The molecule has 0 radical (unpaired) electrons. The van der Waals surface area contributed by atoms with Crippen LogP contribution in [0.2, 0.25) is 0 Å². The maximum absolute atomic E-state index is 12.6. The highest BCUT2D eigenvalue weighted by Gasteiger charge is 2.12. The first-order chi connectivity index (χ1) is 8.93. The predicted octanol–water partition coefficient (Wildman–Crippen LogP) is 2.31. The molecule has 0 saturated heterocycles. The van der Waals surface area contributed by atoms with Crippen molar-refractivity contribution in [3.8, 4) is 5.75 Å². The zero-order valence-corrected chi connectivity index (χ0v) is 12.0. The lowest BCUT2D eigenvalue weighted by atomic mass is 10.3. The third kappa shape index (κ3) is 6.54. The summed E-state index contributed by atoms with van der Waals surface area (Å²) in [6, 6.07) is 5.58. The second-order valence-corrected chi connectivity index (χ2v) is 6.28. The van der Waals surface area contributed by atoms with Crippen molar-refractivity contribution in [3.63, 3.8) is 0 Å². The van der Waals surface area contributed by atoms with Crippen molar-refractivity contribution in [1.82, 2.24) is 4.72 Å². The highest BCUT2D eigenvalue weighted by molar-refractivity contribution is 7.89. The van der Waals surface area contributed by atoms with Gasteiger partial charge in [0.05, 0.1) is 12.4 Å². The molecule has 1 aromatic carbocycles. The van der Waals surface area contributed by atoms with Gasteiger partial charge in [0.1, 0.15) is 11.6 Å². The van der Waals surface area contributed by atoms with E-state index in [-0.39, 0.29) is 24.2 Å². The fourth-order valence-corrected chi connectivity index (χ4v) is 2.81. The fraction of sp³-hybridized carbons (Fsp3) is 0.538. The maximum atomic E-state index is 12.6. The Morgan fingerprint density at radius 1 is 1.32 bits per heavy atom. The SMILES string of the molecule is CC[C@H](C)NS(=O)(=O)CCCOc1ccc(F)cc1. The van der Waals surface area contributed by atoms with Gasteiger partial charge in [-0.15, -0.1) is 0 Å². The lowest BCUT2D eigenvalue weighted by Crippen LogP contribution is -2.34. The summed E-state index contributed by atoms with van der Waals surface area (Å²) >= 11 is 0. The van der Waals surface area contributed by atoms with Crippen molar-refractivity contribution in [3.05, 3.63) is 30.1 Å². The summed E-state index contributed by atoms with van der Waals surface area (Å²) in [5.74, 6) is 0.236. The summed E-state index contributed by atoms with van der Waals surface area (Å²) in [7, 11) is -3.24. The number of ether oxygens (including phenoxy) is 1. The van der Waals surface area contributed by atoms with Crippen LogP contribution in [0.1, 0.15) is 26.7 Å². The second-order valence-electron chi connectivity index (χ2n) is 4.40. The minimum Gasteiger partial charge on any atom is -0.494 e. The van der Waals surface area contributed by atoms with Gasteiger partial charge in [0.15, 0.2) is 0 Å². The van der Waals surface area contributed by atoms with Crippen LogP contribution in [0.5, 0.6) is 5.75 Å². The molecule has 0 unspecified atom stereocenters. The van der Waals surface area contributed by atoms with E-state index >= 15 is 0 Å². The Morgan fingerprint density at radius 3 is 2.53 bits per heavy atom. The van der Waals surface area contributed by atoms with Gasteiger partial charge in [-0.1, -0.05) is 6.92 Å². The number of halogens is 1. The number of hydrogen-bond donors (Lipinski definition) is 1. The number of rotatable bonds is 8. The van der Waals surface area contributed by atoms with Gasteiger partial charge in [0, 0.05) is 6.04 Å². The molecule has 1 aromatic rings. The van der Waals surface area contributed by atoms with Crippen LogP contribution in [0, 0.1) is 5.82 Å². The molecule has 1 N–H and O–H groups in total. The van der Waals surface area contributed by atoms with E-state index in [2.05, 4.69) is 4.72 Å². The quantitative estimate of drug-likeness (QED) is 0.747. The molecular weight excluding hydrogens is 269 g/mol. The van der Waals surface area contributed by atoms with Crippen molar-refractivity contribution in [2.24, 2.45) is 0 Å². The molecule has 0 amide bonds. The Kier molecular flexibility index (Phi) is 6.24. The Labute approximate surface area is 114 Å². The average Bonchev–Trinajstić information content (AvgIpc) is 2.36. The molecule has 0 fully saturated rings. The van der Waals surface area contributed by atoms with Crippen LogP contribution in [0.3, 0.4) is 0 Å². The van der Waals surface area contributed by atoms with E-state index in [1.54, 1.807) is 0 Å². The van der Waals surface area contributed by atoms with Gasteiger partial charge in [-0.05, 0) is 44.0 Å². The molecule has 0 spiro atoms. The Hall–Kier alpha value is -1.14. The molecule has 0 aliphatic heterocycles. The van der Waals surface area contributed by atoms with Crippen LogP contribution >= 0.6 is 0 Å². The minimum absolute atomic E-state index is 0.0263. The molecule has 0 aromatic heterocycles. The zero-order chi connectivity index (χ0) is 14.3. The van der Waals surface area contributed by atoms with Gasteiger partial charge in [-0.3, -0.25) is 0 Å². The summed E-state index contributed by atoms with van der Waals surface area (Å²) in [4.78, 5) is 0. The van der Waals surface area contributed by atoms with Crippen LogP contribution in [0.4, 0.5) is 4.39 Å². The molecule has 1 rings (SSSR count). The molecular formula is C13H20FNO3S. The van der Waals surface area contributed by atoms with E-state index in [1.807, 2.05) is 13.8 Å². The van der Waals surface area contributed by atoms with Crippen LogP contribution in [-0.4, -0.2) is 26.8 Å². The molecule has 0 bridgehead atoms. The van der Waals surface area contributed by atoms with E-state index in [4.69, 9.17) is 4.74 Å². The molecule has 0 heterocycles. The summed E-state index contributed by atoms with van der Waals surface area (Å²) < 4.78 is 43.8. The first-order valence-electron chi connectivity index (χ1n) is 6.31. The number of sulfonamides is 1. The molecule has 1 atom stereocenters. The van der Waals surface area contributed by atoms with Gasteiger partial charge in [-0.25, -0.2) is 17.5 Å². The molecule has 19 heavy (non-hydrogen) atoms. The lowest BCUT2D eigenvalue weighted by Gasteiger charge is -2.12. The summed E-state index contributed by atoms with van der Waals surface area (Å²) in [6.07, 6.45) is 1.15. The van der Waals surface area contributed by atoms with Crippen LogP contribution in [0.25, 0.3) is 0 Å². The monoisotopic (exact) mass is 289 g/mol. The second kappa shape index (κ2) is 7.45. The number of nitrogens with one attached hydrogen (secondary N) is 1. The van der Waals surface area contributed by atoms with Gasteiger partial charge in [-0.2, -0.15) is 0 Å². The summed E-state index contributed by atoms with van der Waals surface area (Å²) in [6.45, 7) is 4.03. The molecule has 108 valence electrons. The Balaban J connectivity index is 2.28. The maximum Gasteiger partial charge on any atom is 0.211 e. The van der Waals surface area contributed by atoms with Crippen LogP contribution in [-0.2, 0) is 10.0 Å². The standard InChI is InChI=1S/C13H20FNO3S/c1-3-11(2)15-19(16,17)10-4-9-18-13-7-5-12(14)6-8-13/h5-8,11,15H,3-4,9-10H2,1-2H3/t11-/m0/s1. The highest BCUT2D eigenvalue weighted by atomic mass is 32.2. The summed E-state index contributed by atoms with van der Waals surface area (Å²) in [5.41, 5.74) is 0. The molecule has 0 aliphatic carbocycles. The van der Waals surface area contributed by atoms with Crippen molar-refractivity contribution < 1.29 is 17.5 Å². The normalized spacial score (nSPS) is 13.2. The third-order valence-electron chi connectivity index (χ3n) is 2.63. The molecule has 4 nitrogen and oxygen atoms in total. The van der Waals surface area contributed by atoms with Gasteiger partial charge in [0.25, 0.3) is 0 Å². The van der Waals surface area contributed by atoms with Crippen LogP contribution in [0.15, 0.2) is 24.3 Å². The minimum atomic E-state index is -3.24. The fourth-order valence-electron chi connectivity index (χ4n) is 1.42. The van der Waals surface area contributed by atoms with Crippen molar-refractivity contribution in [1.29, 1.82) is 0 Å². The van der Waals surface area contributed by atoms with E-state index in [9.17, 15) is 12.8 Å². The first-order valence-corrected chi connectivity index (χ1v) is 7.96. The van der Waals surface area contributed by atoms with Gasteiger partial charge in [0.2, 0.25) is 10.0 Å². The largest absolute Gasteiger partial charge is 0.494 e. The van der Waals surface area contributed by atoms with Crippen molar-refractivity contribution in [2.75, 3.05) is 12.4 Å². The predicted molar refractivity (Wildman–Crippen MR) is 73.2 cm³/mol. The third-order valence-corrected chi connectivity index (χ3v) is 4.22. The Morgan fingerprint density at radius 2 is 1.95 bits per heavy atom. The van der Waals surface area contributed by atoms with Crippen LogP contribution < -0.4 is 9.46 Å². The molecule has 0 aliphatic rings. The number of hydrogen-bond acceptors (Lipinski definition) is 3. The molecule has 0 saturated carbocycles. The molecule has 6 heteroatoms. The van der Waals surface area contributed by atoms with Crippen molar-refractivity contribution in [2.45, 2.75) is 32.7 Å². The number of benzene rings is 1. The van der Waals surface area contributed by atoms with E-state index in [1.165, 1.54) is 24.3 Å². The summed E-state index contributed by atoms with van der Waals surface area (Å²) in [5, 5.41) is 0. The lowest BCUT2D eigenvalue weighted by molar-refractivity contribution is 0.317. The topological polar surface area (TPSA) is 55.4 Å².